The molecule has 2 aliphatic carbocycles. The molecule has 0 N–H and O–H groups in total. The molecule has 2 atom stereocenters. The third kappa shape index (κ3) is 2.39. The fourth-order valence-electron chi connectivity index (χ4n) is 4.28. The predicted octanol–water partition coefficient (Wildman–Crippen LogP) is 3.19. The Hall–Kier alpha value is -1.64. The van der Waals surface area contributed by atoms with E-state index in [1.807, 2.05) is 6.92 Å². The average Bonchev–Trinajstić information content (AvgIpc) is 2.84. The lowest BCUT2D eigenvalue weighted by molar-refractivity contribution is -0.143. The highest BCUT2D eigenvalue weighted by Gasteiger charge is 2.51. The van der Waals surface area contributed by atoms with E-state index < -0.39 is 0 Å². The SMILES string of the molecule is CCOC(=O)CC[C@@]12CCC(=O)[C@@H]1CCc1ccccc12. The Morgan fingerprint density at radius 1 is 1.33 bits per heavy atom. The lowest BCUT2D eigenvalue weighted by Crippen LogP contribution is -2.38. The summed E-state index contributed by atoms with van der Waals surface area (Å²) < 4.78 is 5.07. The normalized spacial score (nSPS) is 27.1. The topological polar surface area (TPSA) is 43.4 Å². The maximum Gasteiger partial charge on any atom is 0.305 e. The second kappa shape index (κ2) is 5.63. The van der Waals surface area contributed by atoms with Crippen molar-refractivity contribution in [2.75, 3.05) is 6.61 Å². The molecule has 21 heavy (non-hydrogen) atoms. The molecule has 0 aliphatic heterocycles. The third-order valence-corrected chi connectivity index (χ3v) is 5.21. The molecule has 1 fully saturated rings. The van der Waals surface area contributed by atoms with Crippen LogP contribution in [0.4, 0.5) is 0 Å². The Kier molecular flexibility index (Phi) is 3.83. The van der Waals surface area contributed by atoms with Gasteiger partial charge in [-0.05, 0) is 43.7 Å². The largest absolute Gasteiger partial charge is 0.466 e. The molecule has 0 aromatic heterocycles. The predicted molar refractivity (Wildman–Crippen MR) is 80.0 cm³/mol. The van der Waals surface area contributed by atoms with Crippen LogP contribution in [0.25, 0.3) is 0 Å². The van der Waals surface area contributed by atoms with Gasteiger partial charge in [-0.2, -0.15) is 0 Å². The van der Waals surface area contributed by atoms with E-state index in [2.05, 4.69) is 24.3 Å². The van der Waals surface area contributed by atoms with Crippen LogP contribution in [0.5, 0.6) is 0 Å². The van der Waals surface area contributed by atoms with Gasteiger partial charge in [0.25, 0.3) is 0 Å². The molecule has 1 aromatic rings. The zero-order valence-corrected chi connectivity index (χ0v) is 12.6. The molecular formula is C18H22O3. The second-order valence-corrected chi connectivity index (χ2v) is 6.18. The number of rotatable bonds is 4. The summed E-state index contributed by atoms with van der Waals surface area (Å²) in [6, 6.07) is 8.44. The average molecular weight is 286 g/mol. The fourth-order valence-corrected chi connectivity index (χ4v) is 4.28. The molecule has 0 radical (unpaired) electrons. The van der Waals surface area contributed by atoms with Crippen LogP contribution < -0.4 is 0 Å². The van der Waals surface area contributed by atoms with Crippen molar-refractivity contribution in [2.45, 2.75) is 50.9 Å². The van der Waals surface area contributed by atoms with Crippen LogP contribution in [0.1, 0.15) is 50.2 Å². The minimum absolute atomic E-state index is 0.0989. The molecule has 3 heteroatoms. The van der Waals surface area contributed by atoms with Crippen molar-refractivity contribution in [3.05, 3.63) is 35.4 Å². The lowest BCUT2D eigenvalue weighted by atomic mass is 9.62. The third-order valence-electron chi connectivity index (χ3n) is 5.21. The Bertz CT molecular complexity index is 563. The van der Waals surface area contributed by atoms with Crippen LogP contribution in [-0.4, -0.2) is 18.4 Å². The first-order valence-electron chi connectivity index (χ1n) is 7.94. The summed E-state index contributed by atoms with van der Waals surface area (Å²) in [7, 11) is 0. The number of carbonyl (C=O) groups excluding carboxylic acids is 2. The number of aryl methyl sites for hydroxylation is 1. The molecule has 0 heterocycles. The fraction of sp³-hybridized carbons (Fsp3) is 0.556. The summed E-state index contributed by atoms with van der Waals surface area (Å²) in [6.45, 7) is 2.25. The van der Waals surface area contributed by atoms with E-state index >= 15 is 0 Å². The highest BCUT2D eigenvalue weighted by molar-refractivity contribution is 5.86. The minimum atomic E-state index is -0.145. The molecule has 0 saturated heterocycles. The van der Waals surface area contributed by atoms with Gasteiger partial charge in [0.15, 0.2) is 0 Å². The quantitative estimate of drug-likeness (QED) is 0.798. The van der Waals surface area contributed by atoms with Crippen molar-refractivity contribution in [3.63, 3.8) is 0 Å². The highest BCUT2D eigenvalue weighted by atomic mass is 16.5. The number of ether oxygens (including phenoxy) is 1. The zero-order chi connectivity index (χ0) is 14.9. The summed E-state index contributed by atoms with van der Waals surface area (Å²) in [5.41, 5.74) is 2.53. The Morgan fingerprint density at radius 3 is 2.95 bits per heavy atom. The Balaban J connectivity index is 1.91. The van der Waals surface area contributed by atoms with Crippen molar-refractivity contribution >= 4 is 11.8 Å². The van der Waals surface area contributed by atoms with Crippen LogP contribution in [0, 0.1) is 5.92 Å². The van der Waals surface area contributed by atoms with Gasteiger partial charge in [0.1, 0.15) is 5.78 Å². The number of benzene rings is 1. The molecule has 0 unspecified atom stereocenters. The number of hydrogen-bond donors (Lipinski definition) is 0. The summed E-state index contributed by atoms with van der Waals surface area (Å²) in [5.74, 6) is 0.336. The monoisotopic (exact) mass is 286 g/mol. The van der Waals surface area contributed by atoms with E-state index in [9.17, 15) is 9.59 Å². The van der Waals surface area contributed by atoms with Gasteiger partial charge >= 0.3 is 5.97 Å². The number of ketones is 1. The molecule has 0 bridgehead atoms. The lowest BCUT2D eigenvalue weighted by Gasteiger charge is -2.40. The molecule has 3 rings (SSSR count). The number of fused-ring (bicyclic) bond motifs is 3. The van der Waals surface area contributed by atoms with Gasteiger partial charge in [0.2, 0.25) is 0 Å². The van der Waals surface area contributed by atoms with E-state index in [1.54, 1.807) is 0 Å². The number of carbonyl (C=O) groups is 2. The molecule has 1 aromatic carbocycles. The summed E-state index contributed by atoms with van der Waals surface area (Å²) in [6.07, 6.45) is 4.59. The van der Waals surface area contributed by atoms with Crippen molar-refractivity contribution in [1.29, 1.82) is 0 Å². The number of hydrogen-bond acceptors (Lipinski definition) is 3. The van der Waals surface area contributed by atoms with Gasteiger partial charge in [0.05, 0.1) is 6.61 Å². The smallest absolute Gasteiger partial charge is 0.305 e. The summed E-state index contributed by atoms with van der Waals surface area (Å²) in [4.78, 5) is 24.0. The molecule has 0 spiro atoms. The van der Waals surface area contributed by atoms with Crippen molar-refractivity contribution < 1.29 is 14.3 Å². The second-order valence-electron chi connectivity index (χ2n) is 6.18. The van der Waals surface area contributed by atoms with Gasteiger partial charge in [0, 0.05) is 24.2 Å². The van der Waals surface area contributed by atoms with Gasteiger partial charge in [-0.1, -0.05) is 24.3 Å². The van der Waals surface area contributed by atoms with Crippen molar-refractivity contribution in [2.24, 2.45) is 5.92 Å². The highest BCUT2D eigenvalue weighted by Crippen LogP contribution is 2.52. The molecule has 0 amide bonds. The van der Waals surface area contributed by atoms with Crippen LogP contribution in [0.2, 0.25) is 0 Å². The number of esters is 1. The van der Waals surface area contributed by atoms with Gasteiger partial charge in [-0.3, -0.25) is 9.59 Å². The van der Waals surface area contributed by atoms with E-state index in [0.717, 1.165) is 25.7 Å². The van der Waals surface area contributed by atoms with Crippen molar-refractivity contribution in [1.82, 2.24) is 0 Å². The molecule has 1 saturated carbocycles. The van der Waals surface area contributed by atoms with E-state index in [4.69, 9.17) is 4.74 Å². The van der Waals surface area contributed by atoms with Crippen LogP contribution in [-0.2, 0) is 26.2 Å². The standard InChI is InChI=1S/C18H22O3/c1-2-21-17(20)10-12-18-11-9-16(19)15(18)8-7-13-5-3-4-6-14(13)18/h3-6,15H,2,7-12H2,1H3/t15-,18+/m0/s1. The van der Waals surface area contributed by atoms with Crippen LogP contribution in [0.15, 0.2) is 24.3 Å². The van der Waals surface area contributed by atoms with Gasteiger partial charge < -0.3 is 4.74 Å². The molecule has 3 nitrogen and oxygen atoms in total. The molecule has 112 valence electrons. The number of Topliss-reactive ketones (excluding diaryl/α,β-unsaturated/α-hetero) is 1. The first kappa shape index (κ1) is 14.3. The van der Waals surface area contributed by atoms with E-state index in [1.165, 1.54) is 11.1 Å². The first-order chi connectivity index (χ1) is 10.2. The minimum Gasteiger partial charge on any atom is -0.466 e. The molecule has 2 aliphatic rings. The van der Waals surface area contributed by atoms with E-state index in [-0.39, 0.29) is 17.3 Å². The maximum absolute atomic E-state index is 12.3. The maximum atomic E-state index is 12.3. The summed E-state index contributed by atoms with van der Waals surface area (Å²) >= 11 is 0. The zero-order valence-electron chi connectivity index (χ0n) is 12.6. The summed E-state index contributed by atoms with van der Waals surface area (Å²) in [5, 5.41) is 0. The van der Waals surface area contributed by atoms with Gasteiger partial charge in [-0.25, -0.2) is 0 Å². The molecular weight excluding hydrogens is 264 g/mol. The Labute approximate surface area is 125 Å². The van der Waals surface area contributed by atoms with Crippen LogP contribution >= 0.6 is 0 Å². The van der Waals surface area contributed by atoms with Crippen LogP contribution in [0.3, 0.4) is 0 Å². The van der Waals surface area contributed by atoms with Gasteiger partial charge in [-0.15, -0.1) is 0 Å². The van der Waals surface area contributed by atoms with Crippen molar-refractivity contribution in [3.8, 4) is 0 Å². The first-order valence-corrected chi connectivity index (χ1v) is 7.94. The Morgan fingerprint density at radius 2 is 2.14 bits per heavy atom. The van der Waals surface area contributed by atoms with E-state index in [0.29, 0.717) is 25.2 Å².